The molecule has 0 aromatic rings. The van der Waals surface area contributed by atoms with E-state index in [1.54, 1.807) is 0 Å². The summed E-state index contributed by atoms with van der Waals surface area (Å²) in [5.41, 5.74) is 6.42. The fourth-order valence-corrected chi connectivity index (χ4v) is 6.01. The van der Waals surface area contributed by atoms with Crippen molar-refractivity contribution < 1.29 is 4.79 Å². The van der Waals surface area contributed by atoms with Crippen molar-refractivity contribution in [3.8, 4) is 0 Å². The monoisotopic (exact) mass is 333 g/mol. The summed E-state index contributed by atoms with van der Waals surface area (Å²) >= 11 is 0. The van der Waals surface area contributed by atoms with Gasteiger partial charge in [-0.3, -0.25) is 4.79 Å². The Kier molecular flexibility index (Phi) is 5.14. The van der Waals surface area contributed by atoms with E-state index in [1.807, 2.05) is 0 Å². The van der Waals surface area contributed by atoms with Crippen LogP contribution < -0.4 is 5.73 Å². The topological polar surface area (TPSA) is 49.6 Å². The maximum Gasteiger partial charge on any atom is 0.227 e. The van der Waals surface area contributed by atoms with Crippen LogP contribution in [0.25, 0.3) is 0 Å². The van der Waals surface area contributed by atoms with Crippen LogP contribution in [0.1, 0.15) is 57.8 Å². The van der Waals surface area contributed by atoms with Gasteiger partial charge in [-0.25, -0.2) is 0 Å². The largest absolute Gasteiger partial charge is 0.342 e. The van der Waals surface area contributed by atoms with E-state index in [-0.39, 0.29) is 12.0 Å². The van der Waals surface area contributed by atoms with Crippen LogP contribution in [0.4, 0.5) is 0 Å². The van der Waals surface area contributed by atoms with Gasteiger partial charge < -0.3 is 15.5 Å². The van der Waals surface area contributed by atoms with Gasteiger partial charge >= 0.3 is 0 Å². The van der Waals surface area contributed by atoms with E-state index < -0.39 is 0 Å². The van der Waals surface area contributed by atoms with Gasteiger partial charge in [0, 0.05) is 25.7 Å². The summed E-state index contributed by atoms with van der Waals surface area (Å²) in [6.45, 7) is 5.68. The van der Waals surface area contributed by atoms with E-state index >= 15 is 0 Å². The Morgan fingerprint density at radius 1 is 0.917 bits per heavy atom. The van der Waals surface area contributed by atoms with Crippen LogP contribution in [-0.2, 0) is 4.79 Å². The smallest absolute Gasteiger partial charge is 0.227 e. The molecule has 2 bridgehead atoms. The van der Waals surface area contributed by atoms with Gasteiger partial charge in [-0.1, -0.05) is 12.8 Å². The second-order valence-electron chi connectivity index (χ2n) is 8.94. The fourth-order valence-electron chi connectivity index (χ4n) is 6.01. The van der Waals surface area contributed by atoms with Crippen LogP contribution >= 0.6 is 0 Å². The minimum Gasteiger partial charge on any atom is -0.342 e. The molecule has 2 saturated heterocycles. The lowest BCUT2D eigenvalue weighted by atomic mass is 9.83. The van der Waals surface area contributed by atoms with Crippen LogP contribution in [0.3, 0.4) is 0 Å². The zero-order chi connectivity index (χ0) is 16.5. The van der Waals surface area contributed by atoms with Crippen molar-refractivity contribution in [1.82, 2.24) is 9.80 Å². The highest BCUT2D eigenvalue weighted by atomic mass is 16.2. The molecule has 5 atom stereocenters. The van der Waals surface area contributed by atoms with Gasteiger partial charge in [0.15, 0.2) is 0 Å². The predicted molar refractivity (Wildman–Crippen MR) is 96.5 cm³/mol. The van der Waals surface area contributed by atoms with Crippen molar-refractivity contribution in [2.75, 3.05) is 32.7 Å². The molecule has 2 aliphatic carbocycles. The van der Waals surface area contributed by atoms with Crippen molar-refractivity contribution in [1.29, 1.82) is 0 Å². The Bertz CT molecular complexity index is 444. The summed E-state index contributed by atoms with van der Waals surface area (Å²) in [5, 5.41) is 0. The van der Waals surface area contributed by atoms with E-state index in [9.17, 15) is 4.79 Å². The number of amides is 1. The molecule has 4 aliphatic rings. The number of fused-ring (bicyclic) bond motifs is 2. The third-order valence-electron chi connectivity index (χ3n) is 7.31. The molecule has 24 heavy (non-hydrogen) atoms. The number of nitrogens with two attached hydrogens (primary N) is 1. The normalized spacial score (nSPS) is 40.7. The highest BCUT2D eigenvalue weighted by Gasteiger charge is 2.50. The summed E-state index contributed by atoms with van der Waals surface area (Å²) < 4.78 is 0. The first-order chi connectivity index (χ1) is 11.7. The van der Waals surface area contributed by atoms with E-state index in [1.165, 1.54) is 77.4 Å². The molecular formula is C20H35N3O. The van der Waals surface area contributed by atoms with Gasteiger partial charge in [0.2, 0.25) is 5.91 Å². The predicted octanol–water partition coefficient (Wildman–Crippen LogP) is 2.47. The lowest BCUT2D eigenvalue weighted by Crippen LogP contribution is -2.51. The quantitative estimate of drug-likeness (QED) is 0.863. The van der Waals surface area contributed by atoms with Crippen LogP contribution in [0.2, 0.25) is 0 Å². The molecule has 5 unspecified atom stereocenters. The third kappa shape index (κ3) is 3.37. The minimum atomic E-state index is 0.140. The summed E-state index contributed by atoms with van der Waals surface area (Å²) in [6, 6.07) is 0.141. The molecule has 136 valence electrons. The molecule has 4 nitrogen and oxygen atoms in total. The van der Waals surface area contributed by atoms with Crippen molar-refractivity contribution in [2.24, 2.45) is 29.4 Å². The standard InChI is InChI=1S/C20H35N3O/c21-19-17-8-7-16(12-17)18(19)20(24)23-11-5-6-15(14-23)13-22-9-3-1-2-4-10-22/h15-19H,1-14,21H2. The molecule has 4 rings (SSSR count). The minimum absolute atomic E-state index is 0.140. The molecule has 0 radical (unpaired) electrons. The molecule has 0 spiro atoms. The maximum atomic E-state index is 13.1. The SMILES string of the molecule is NC1C2CCC(C2)C1C(=O)N1CCCC(CN2CCCCCC2)C1. The number of carbonyl (C=O) groups excluding carboxylic acids is 1. The number of piperidine rings is 1. The first-order valence-corrected chi connectivity index (χ1v) is 10.5. The maximum absolute atomic E-state index is 13.1. The Balaban J connectivity index is 1.33. The van der Waals surface area contributed by atoms with Crippen molar-refractivity contribution >= 4 is 5.91 Å². The van der Waals surface area contributed by atoms with Crippen LogP contribution in [-0.4, -0.2) is 54.5 Å². The molecule has 0 aromatic heterocycles. The third-order valence-corrected chi connectivity index (χ3v) is 7.31. The van der Waals surface area contributed by atoms with E-state index in [4.69, 9.17) is 5.73 Å². The van der Waals surface area contributed by atoms with Crippen molar-refractivity contribution in [3.63, 3.8) is 0 Å². The van der Waals surface area contributed by atoms with Crippen molar-refractivity contribution in [2.45, 2.75) is 63.8 Å². The Morgan fingerprint density at radius 2 is 1.67 bits per heavy atom. The lowest BCUT2D eigenvalue weighted by molar-refractivity contribution is -0.139. The van der Waals surface area contributed by atoms with Gasteiger partial charge in [-0.15, -0.1) is 0 Å². The number of carbonyl (C=O) groups is 1. The second kappa shape index (κ2) is 7.33. The molecule has 2 saturated carbocycles. The first kappa shape index (κ1) is 16.8. The average molecular weight is 334 g/mol. The van der Waals surface area contributed by atoms with Gasteiger partial charge in [0.05, 0.1) is 5.92 Å². The van der Waals surface area contributed by atoms with Crippen LogP contribution in [0.15, 0.2) is 0 Å². The molecule has 4 heteroatoms. The zero-order valence-electron chi connectivity index (χ0n) is 15.2. The highest BCUT2D eigenvalue weighted by molar-refractivity contribution is 5.80. The molecule has 2 N–H and O–H groups in total. The number of hydrogen-bond acceptors (Lipinski definition) is 3. The molecule has 2 heterocycles. The Hall–Kier alpha value is -0.610. The fraction of sp³-hybridized carbons (Fsp3) is 0.950. The Morgan fingerprint density at radius 3 is 2.38 bits per heavy atom. The average Bonchev–Trinajstić information content (AvgIpc) is 3.08. The summed E-state index contributed by atoms with van der Waals surface area (Å²) in [5.74, 6) is 2.43. The second-order valence-corrected chi connectivity index (χ2v) is 8.94. The number of hydrogen-bond donors (Lipinski definition) is 1. The lowest BCUT2D eigenvalue weighted by Gasteiger charge is -2.39. The summed E-state index contributed by atoms with van der Waals surface area (Å²) in [4.78, 5) is 18.0. The van der Waals surface area contributed by atoms with Gasteiger partial charge in [-0.05, 0) is 75.8 Å². The first-order valence-electron chi connectivity index (χ1n) is 10.5. The van der Waals surface area contributed by atoms with Crippen molar-refractivity contribution in [3.05, 3.63) is 0 Å². The van der Waals surface area contributed by atoms with E-state index in [2.05, 4.69) is 9.80 Å². The molecule has 4 fully saturated rings. The van der Waals surface area contributed by atoms with E-state index in [0.29, 0.717) is 23.7 Å². The van der Waals surface area contributed by atoms with Gasteiger partial charge in [0.25, 0.3) is 0 Å². The summed E-state index contributed by atoms with van der Waals surface area (Å²) in [7, 11) is 0. The highest BCUT2D eigenvalue weighted by Crippen LogP contribution is 2.48. The Labute approximate surface area is 147 Å². The summed E-state index contributed by atoms with van der Waals surface area (Å²) in [6.07, 6.45) is 11.7. The van der Waals surface area contributed by atoms with Crippen LogP contribution in [0.5, 0.6) is 0 Å². The van der Waals surface area contributed by atoms with E-state index in [0.717, 1.165) is 13.1 Å². The van der Waals surface area contributed by atoms with Gasteiger partial charge in [-0.2, -0.15) is 0 Å². The van der Waals surface area contributed by atoms with Gasteiger partial charge in [0.1, 0.15) is 0 Å². The number of likely N-dealkylation sites (tertiary alicyclic amines) is 2. The van der Waals surface area contributed by atoms with Crippen LogP contribution in [0, 0.1) is 23.7 Å². The molecule has 1 amide bonds. The molecule has 0 aromatic carbocycles. The number of nitrogens with zero attached hydrogens (tertiary/aromatic N) is 2. The number of rotatable bonds is 3. The zero-order valence-corrected chi connectivity index (χ0v) is 15.2. The molecule has 2 aliphatic heterocycles. The molecular weight excluding hydrogens is 298 g/mol.